The molecule has 46 valence electrons. The summed E-state index contributed by atoms with van der Waals surface area (Å²) in [5, 5.41) is 1.68. The lowest BCUT2D eigenvalue weighted by Crippen LogP contribution is -1.53. The van der Waals surface area contributed by atoms with Gasteiger partial charge in [-0.25, -0.2) is 0 Å². The molecule has 0 radical (unpaired) electrons. The zero-order valence-corrected chi connectivity index (χ0v) is 6.48. The van der Waals surface area contributed by atoms with E-state index < -0.39 is 0 Å². The Hall–Kier alpha value is 0.0900. The van der Waals surface area contributed by atoms with E-state index in [1.165, 1.54) is 0 Å². The number of rotatable bonds is 0. The highest BCUT2D eigenvalue weighted by Crippen LogP contribution is 2.53. The van der Waals surface area contributed by atoms with E-state index in [0.29, 0.717) is 15.1 Å². The highest BCUT2D eigenvalue weighted by atomic mass is 35.5. The summed E-state index contributed by atoms with van der Waals surface area (Å²) in [6, 6.07) is 1.91. The van der Waals surface area contributed by atoms with Gasteiger partial charge in [-0.3, -0.25) is 0 Å². The molecule has 0 nitrogen and oxygen atoms in total. The Balaban J connectivity index is 2.76. The minimum absolute atomic E-state index is 0.492. The second-order valence-electron chi connectivity index (χ2n) is 1.91. The van der Waals surface area contributed by atoms with Crippen molar-refractivity contribution in [3.63, 3.8) is 0 Å². The Morgan fingerprint density at radius 1 is 0.778 bits per heavy atom. The largest absolute Gasteiger partial charge is 0.0820 e. The van der Waals surface area contributed by atoms with E-state index >= 15 is 0 Å². The van der Waals surface area contributed by atoms with Gasteiger partial charge in [0.2, 0.25) is 0 Å². The van der Waals surface area contributed by atoms with Crippen LogP contribution in [0.25, 0.3) is 11.1 Å². The molecular formula is C6HCl3. The molecule has 0 aromatic carbocycles. The molecule has 0 fully saturated rings. The van der Waals surface area contributed by atoms with Crippen LogP contribution in [0.5, 0.6) is 0 Å². The minimum Gasteiger partial charge on any atom is -0.0820 e. The molecule has 2 aliphatic rings. The fraction of sp³-hybridized carbons (Fsp3) is 0. The molecular weight excluding hydrogens is 178 g/mol. The van der Waals surface area contributed by atoms with Crippen molar-refractivity contribution in [3.05, 3.63) is 21.1 Å². The lowest BCUT2D eigenvalue weighted by molar-refractivity contribution is 1.97. The van der Waals surface area contributed by atoms with Gasteiger partial charge in [0.25, 0.3) is 0 Å². The van der Waals surface area contributed by atoms with Crippen LogP contribution in [-0.4, -0.2) is 0 Å². The second kappa shape index (κ2) is 1.57. The van der Waals surface area contributed by atoms with Crippen LogP contribution >= 0.6 is 34.8 Å². The van der Waals surface area contributed by atoms with Crippen LogP contribution in [0.2, 0.25) is 15.1 Å². The van der Waals surface area contributed by atoms with Gasteiger partial charge in [-0.05, 0) is 6.07 Å². The van der Waals surface area contributed by atoms with Crippen molar-refractivity contribution in [2.24, 2.45) is 0 Å². The van der Waals surface area contributed by atoms with Crippen molar-refractivity contribution in [2.75, 3.05) is 0 Å². The molecule has 0 amide bonds. The molecule has 0 aliphatic heterocycles. The highest BCUT2D eigenvalue weighted by Gasteiger charge is 2.26. The number of hydrogen-bond donors (Lipinski definition) is 0. The molecule has 0 spiro atoms. The average molecular weight is 179 g/mol. The third-order valence-electron chi connectivity index (χ3n) is 1.35. The van der Waals surface area contributed by atoms with Gasteiger partial charge in [-0.15, -0.1) is 0 Å². The zero-order valence-electron chi connectivity index (χ0n) is 4.21. The van der Waals surface area contributed by atoms with Crippen molar-refractivity contribution in [3.8, 4) is 11.1 Å². The van der Waals surface area contributed by atoms with Crippen LogP contribution in [0.15, 0.2) is 6.07 Å². The smallest absolute Gasteiger partial charge is 0.0791 e. The maximum absolute atomic E-state index is 5.70. The molecule has 0 heterocycles. The van der Waals surface area contributed by atoms with E-state index in [9.17, 15) is 0 Å². The molecule has 0 aromatic heterocycles. The normalized spacial score (nSPS) is 11.9. The molecule has 0 saturated carbocycles. The molecule has 0 N–H and O–H groups in total. The van der Waals surface area contributed by atoms with Gasteiger partial charge >= 0.3 is 0 Å². The summed E-state index contributed by atoms with van der Waals surface area (Å²) < 4.78 is 0. The van der Waals surface area contributed by atoms with Crippen molar-refractivity contribution in [1.82, 2.24) is 0 Å². The number of hydrogen-bond acceptors (Lipinski definition) is 0. The van der Waals surface area contributed by atoms with Gasteiger partial charge in [0.15, 0.2) is 0 Å². The van der Waals surface area contributed by atoms with Crippen LogP contribution in [-0.2, 0) is 0 Å². The summed E-state index contributed by atoms with van der Waals surface area (Å²) in [6.45, 7) is 0. The van der Waals surface area contributed by atoms with E-state index in [1.54, 1.807) is 0 Å². The van der Waals surface area contributed by atoms with Crippen LogP contribution in [0.1, 0.15) is 0 Å². The standard InChI is InChI=1S/C6HCl3/c7-4-2-1-3(2)5(8)6(4)9/h1H. The lowest BCUT2D eigenvalue weighted by atomic mass is 10.5. The van der Waals surface area contributed by atoms with Gasteiger partial charge in [0.05, 0.1) is 15.1 Å². The predicted octanol–water partition coefficient (Wildman–Crippen LogP) is 3.63. The summed E-state index contributed by atoms with van der Waals surface area (Å²) in [4.78, 5) is 0. The number of benzene rings is 1. The molecule has 2 aliphatic carbocycles. The Kier molecular flexibility index (Phi) is 1.02. The quantitative estimate of drug-likeness (QED) is 0.542. The van der Waals surface area contributed by atoms with Crippen molar-refractivity contribution in [2.45, 2.75) is 0 Å². The third kappa shape index (κ3) is 0.615. The Labute approximate surface area is 67.3 Å². The highest BCUT2D eigenvalue weighted by molar-refractivity contribution is 6.53. The summed E-state index contributed by atoms with van der Waals surface area (Å²) in [6.07, 6.45) is 0. The second-order valence-corrected chi connectivity index (χ2v) is 3.05. The fourth-order valence-electron chi connectivity index (χ4n) is 0.804. The average Bonchev–Trinajstić information content (AvgIpc) is 2.56. The minimum atomic E-state index is 0.492. The first-order valence-electron chi connectivity index (χ1n) is 2.39. The first-order chi connectivity index (χ1) is 4.22. The fourth-order valence-corrected chi connectivity index (χ4v) is 1.56. The van der Waals surface area contributed by atoms with E-state index in [0.717, 1.165) is 11.1 Å². The summed E-state index contributed by atoms with van der Waals surface area (Å²) in [5.41, 5.74) is 2.01. The van der Waals surface area contributed by atoms with Crippen LogP contribution in [0.4, 0.5) is 0 Å². The van der Waals surface area contributed by atoms with E-state index in [-0.39, 0.29) is 0 Å². The first kappa shape index (κ1) is 5.84. The molecule has 0 saturated heterocycles. The Bertz CT molecular complexity index is 265. The summed E-state index contributed by atoms with van der Waals surface area (Å²) in [7, 11) is 0. The van der Waals surface area contributed by atoms with Crippen molar-refractivity contribution < 1.29 is 0 Å². The van der Waals surface area contributed by atoms with Crippen molar-refractivity contribution >= 4 is 34.8 Å². The van der Waals surface area contributed by atoms with Crippen LogP contribution in [0.3, 0.4) is 0 Å². The van der Waals surface area contributed by atoms with E-state index in [2.05, 4.69) is 0 Å². The molecule has 2 rings (SSSR count). The summed E-state index contributed by atoms with van der Waals surface area (Å²) >= 11 is 17.1. The van der Waals surface area contributed by atoms with Crippen molar-refractivity contribution in [1.29, 1.82) is 0 Å². The van der Waals surface area contributed by atoms with Gasteiger partial charge < -0.3 is 0 Å². The van der Waals surface area contributed by atoms with Crippen LogP contribution < -0.4 is 0 Å². The predicted molar refractivity (Wildman–Crippen MR) is 40.5 cm³/mol. The number of fused-ring (bicyclic) bond motifs is 1. The maximum Gasteiger partial charge on any atom is 0.0791 e. The Morgan fingerprint density at radius 2 is 1.22 bits per heavy atom. The van der Waals surface area contributed by atoms with E-state index in [4.69, 9.17) is 34.8 Å². The zero-order chi connectivity index (χ0) is 6.59. The lowest BCUT2D eigenvalue weighted by Gasteiger charge is -1.82. The summed E-state index contributed by atoms with van der Waals surface area (Å²) in [5.74, 6) is 0. The SMILES string of the molecule is Clc1c2cc-2c(Cl)c1Cl. The topological polar surface area (TPSA) is 0 Å². The first-order valence-corrected chi connectivity index (χ1v) is 3.53. The molecule has 3 heteroatoms. The molecule has 0 aromatic rings. The van der Waals surface area contributed by atoms with Gasteiger partial charge in [-0.2, -0.15) is 0 Å². The number of halogens is 3. The van der Waals surface area contributed by atoms with Gasteiger partial charge in [0, 0.05) is 11.1 Å². The molecule has 9 heavy (non-hydrogen) atoms. The van der Waals surface area contributed by atoms with Gasteiger partial charge in [0.1, 0.15) is 0 Å². The van der Waals surface area contributed by atoms with E-state index in [1.807, 2.05) is 6.07 Å². The molecule has 0 bridgehead atoms. The Morgan fingerprint density at radius 3 is 1.44 bits per heavy atom. The monoisotopic (exact) mass is 178 g/mol. The third-order valence-corrected chi connectivity index (χ3v) is 2.71. The van der Waals surface area contributed by atoms with Gasteiger partial charge in [-0.1, -0.05) is 34.8 Å². The molecule has 0 atom stereocenters. The molecule has 0 unspecified atom stereocenters. The van der Waals surface area contributed by atoms with Crippen LogP contribution in [0, 0.1) is 0 Å². The maximum atomic E-state index is 5.70.